The second-order valence-corrected chi connectivity index (χ2v) is 7.26. The van der Waals surface area contributed by atoms with Crippen molar-refractivity contribution in [3.8, 4) is 28.7 Å². The summed E-state index contributed by atoms with van der Waals surface area (Å²) >= 11 is 12.8. The van der Waals surface area contributed by atoms with Gasteiger partial charge < -0.3 is 13.7 Å². The van der Waals surface area contributed by atoms with Crippen LogP contribution in [-0.4, -0.2) is 30.6 Å². The average Bonchev–Trinajstić information content (AvgIpc) is 3.30. The highest BCUT2D eigenvalue weighted by atomic mass is 35.5. The van der Waals surface area contributed by atoms with E-state index >= 15 is 0 Å². The van der Waals surface area contributed by atoms with Crippen molar-refractivity contribution in [2.45, 2.75) is 33.3 Å². The van der Waals surface area contributed by atoms with E-state index in [1.165, 1.54) is 0 Å². The monoisotopic (exact) mass is 417 g/mol. The fourth-order valence-electron chi connectivity index (χ4n) is 2.63. The van der Waals surface area contributed by atoms with Gasteiger partial charge in [-0.15, -0.1) is 0 Å². The van der Waals surface area contributed by atoms with Crippen molar-refractivity contribution in [3.05, 3.63) is 46.5 Å². The molecule has 0 saturated heterocycles. The average molecular weight is 418 g/mol. The summed E-state index contributed by atoms with van der Waals surface area (Å²) in [5, 5.41) is 4.88. The van der Waals surface area contributed by atoms with Gasteiger partial charge in [-0.1, -0.05) is 35.3 Å². The molecule has 0 fully saturated rings. The Hall–Kier alpha value is -2.64. The van der Waals surface area contributed by atoms with E-state index in [-0.39, 0.29) is 12.0 Å². The number of imidazole rings is 1. The Morgan fingerprint density at radius 3 is 2.79 bits per heavy atom. The minimum atomic E-state index is 0.0318. The van der Waals surface area contributed by atoms with Crippen molar-refractivity contribution in [3.63, 3.8) is 0 Å². The van der Waals surface area contributed by atoms with E-state index in [0.717, 1.165) is 12.1 Å². The molecule has 0 N–H and O–H groups in total. The first-order chi connectivity index (χ1) is 13.4. The Morgan fingerprint density at radius 1 is 1.18 bits per heavy atom. The van der Waals surface area contributed by atoms with E-state index in [9.17, 15) is 0 Å². The number of halogens is 2. The molecule has 0 aliphatic rings. The Balaban J connectivity index is 1.67. The highest BCUT2D eigenvalue weighted by molar-refractivity contribution is 6.36. The molecule has 28 heavy (non-hydrogen) atoms. The lowest BCUT2D eigenvalue weighted by atomic mass is 10.2. The zero-order chi connectivity index (χ0) is 19.8. The molecule has 9 heteroatoms. The number of nitrogens with zero attached hydrogens (tertiary/aromatic N) is 5. The quantitative estimate of drug-likeness (QED) is 0.441. The number of benzene rings is 1. The van der Waals surface area contributed by atoms with Gasteiger partial charge in [-0.05, 0) is 26.3 Å². The number of aromatic nitrogens is 5. The first-order valence-corrected chi connectivity index (χ1v) is 9.51. The molecule has 4 aromatic rings. The van der Waals surface area contributed by atoms with Gasteiger partial charge in [-0.25, -0.2) is 4.98 Å². The summed E-state index contributed by atoms with van der Waals surface area (Å²) in [6.07, 6.45) is 6.25. The van der Waals surface area contributed by atoms with Gasteiger partial charge in [-0.2, -0.15) is 4.98 Å². The van der Waals surface area contributed by atoms with Gasteiger partial charge in [0.15, 0.2) is 5.65 Å². The third-order valence-corrected chi connectivity index (χ3v) is 4.89. The maximum Gasteiger partial charge on any atom is 0.278 e. The Kier molecular flexibility index (Phi) is 4.95. The van der Waals surface area contributed by atoms with Crippen molar-refractivity contribution in [2.24, 2.45) is 0 Å². The molecule has 1 atom stereocenters. The number of fused-ring (bicyclic) bond motifs is 1. The summed E-state index contributed by atoms with van der Waals surface area (Å²) in [7, 11) is 0. The second kappa shape index (κ2) is 7.41. The zero-order valence-electron chi connectivity index (χ0n) is 15.5. The molecule has 0 bridgehead atoms. The summed E-state index contributed by atoms with van der Waals surface area (Å²) in [6, 6.07) is 3.34. The van der Waals surface area contributed by atoms with Crippen LogP contribution in [0.3, 0.4) is 0 Å². The van der Waals surface area contributed by atoms with Crippen molar-refractivity contribution < 1.29 is 9.26 Å². The maximum absolute atomic E-state index is 6.41. The van der Waals surface area contributed by atoms with E-state index < -0.39 is 0 Å². The highest BCUT2D eigenvalue weighted by Gasteiger charge is 2.18. The molecular weight excluding hydrogens is 401 g/mol. The van der Waals surface area contributed by atoms with Crippen LogP contribution in [0, 0.1) is 6.92 Å². The van der Waals surface area contributed by atoms with Crippen LogP contribution in [0.4, 0.5) is 0 Å². The predicted molar refractivity (Wildman–Crippen MR) is 107 cm³/mol. The van der Waals surface area contributed by atoms with Gasteiger partial charge >= 0.3 is 0 Å². The summed E-state index contributed by atoms with van der Waals surface area (Å²) in [5.74, 6) is 1.13. The molecule has 0 saturated carbocycles. The van der Waals surface area contributed by atoms with Crippen LogP contribution in [-0.2, 0) is 0 Å². The molecule has 0 aliphatic heterocycles. The Bertz CT molecular complexity index is 1150. The third-order valence-electron chi connectivity index (χ3n) is 4.28. The Labute approximate surface area is 171 Å². The van der Waals surface area contributed by atoms with Gasteiger partial charge in [0, 0.05) is 24.0 Å². The molecule has 1 aromatic carbocycles. The highest BCUT2D eigenvalue weighted by Crippen LogP contribution is 2.37. The molecular formula is C19H17Cl2N5O2. The molecule has 1 unspecified atom stereocenters. The van der Waals surface area contributed by atoms with Crippen molar-refractivity contribution in [2.75, 3.05) is 0 Å². The lowest BCUT2D eigenvalue weighted by Gasteiger charge is -2.14. The van der Waals surface area contributed by atoms with Gasteiger partial charge in [-0.3, -0.25) is 4.98 Å². The third kappa shape index (κ3) is 3.55. The second-order valence-electron chi connectivity index (χ2n) is 6.44. The van der Waals surface area contributed by atoms with Crippen LogP contribution in [0.5, 0.6) is 5.75 Å². The fourth-order valence-corrected chi connectivity index (χ4v) is 3.08. The molecule has 0 amide bonds. The van der Waals surface area contributed by atoms with E-state index in [2.05, 4.69) is 20.1 Å². The molecule has 3 heterocycles. The smallest absolute Gasteiger partial charge is 0.278 e. The fraction of sp³-hybridized carbons (Fsp3) is 0.263. The molecule has 0 radical (unpaired) electrons. The summed E-state index contributed by atoms with van der Waals surface area (Å²) in [6.45, 7) is 5.91. The van der Waals surface area contributed by atoms with E-state index in [1.54, 1.807) is 24.5 Å². The summed E-state index contributed by atoms with van der Waals surface area (Å²) in [4.78, 5) is 13.1. The molecule has 144 valence electrons. The molecule has 3 aromatic heterocycles. The molecule has 0 spiro atoms. The van der Waals surface area contributed by atoms with Crippen LogP contribution in [0.25, 0.3) is 28.6 Å². The lowest BCUT2D eigenvalue weighted by Crippen LogP contribution is -2.10. The molecule has 0 aliphatic carbocycles. The van der Waals surface area contributed by atoms with Crippen LogP contribution in [0.1, 0.15) is 26.0 Å². The minimum absolute atomic E-state index is 0.0318. The number of hydrogen-bond acceptors (Lipinski definition) is 6. The van der Waals surface area contributed by atoms with Crippen molar-refractivity contribution in [1.29, 1.82) is 0 Å². The Morgan fingerprint density at radius 2 is 2.00 bits per heavy atom. The predicted octanol–water partition coefficient (Wildman–Crippen LogP) is 5.24. The van der Waals surface area contributed by atoms with E-state index in [0.29, 0.717) is 38.5 Å². The minimum Gasteiger partial charge on any atom is -0.489 e. The van der Waals surface area contributed by atoms with E-state index in [1.807, 2.05) is 31.4 Å². The van der Waals surface area contributed by atoms with Crippen LogP contribution >= 0.6 is 23.2 Å². The SMILES string of the molecule is CCC(C)Oc1cc(Cl)c(-c2noc(-c3cn4cc(C)ncc4n3)n2)cc1Cl. The normalized spacial score (nSPS) is 12.5. The van der Waals surface area contributed by atoms with Crippen LogP contribution in [0.2, 0.25) is 10.0 Å². The van der Waals surface area contributed by atoms with Gasteiger partial charge in [0.2, 0.25) is 5.82 Å². The van der Waals surface area contributed by atoms with Crippen LogP contribution in [0.15, 0.2) is 35.2 Å². The first-order valence-electron chi connectivity index (χ1n) is 8.76. The van der Waals surface area contributed by atoms with Crippen molar-refractivity contribution in [1.82, 2.24) is 24.5 Å². The van der Waals surface area contributed by atoms with Gasteiger partial charge in [0.25, 0.3) is 5.89 Å². The largest absolute Gasteiger partial charge is 0.489 e. The van der Waals surface area contributed by atoms with Crippen molar-refractivity contribution >= 4 is 28.8 Å². The number of rotatable bonds is 5. The van der Waals surface area contributed by atoms with Crippen LogP contribution < -0.4 is 4.74 Å². The van der Waals surface area contributed by atoms with Gasteiger partial charge in [0.1, 0.15) is 11.4 Å². The number of aryl methyl sites for hydroxylation is 1. The maximum atomic E-state index is 6.41. The number of ether oxygens (including phenoxy) is 1. The zero-order valence-corrected chi connectivity index (χ0v) is 17.0. The molecule has 4 rings (SSSR count). The topological polar surface area (TPSA) is 78.3 Å². The number of hydrogen-bond donors (Lipinski definition) is 0. The van der Waals surface area contributed by atoms with Gasteiger partial charge in [0.05, 0.1) is 28.0 Å². The molecule has 7 nitrogen and oxygen atoms in total. The van der Waals surface area contributed by atoms with E-state index in [4.69, 9.17) is 32.5 Å². The summed E-state index contributed by atoms with van der Waals surface area (Å²) < 4.78 is 13.0. The first kappa shape index (κ1) is 18.7. The lowest BCUT2D eigenvalue weighted by molar-refractivity contribution is 0.217. The standard InChI is InChI=1S/C19H17Cl2N5O2/c1-4-11(3)27-16-6-13(20)12(5-14(16)21)18-24-19(28-25-18)15-9-26-8-10(2)22-7-17(26)23-15/h5-9,11H,4H2,1-3H3. The summed E-state index contributed by atoms with van der Waals surface area (Å²) in [5.41, 5.74) is 2.67.